The number of aryl methyl sites for hydroxylation is 1. The van der Waals surface area contributed by atoms with Crippen molar-refractivity contribution in [1.82, 2.24) is 9.78 Å². The van der Waals surface area contributed by atoms with Gasteiger partial charge in [-0.1, -0.05) is 27.2 Å². The maximum atomic E-state index is 16.1. The van der Waals surface area contributed by atoms with Crippen molar-refractivity contribution in [2.24, 2.45) is 5.41 Å². The summed E-state index contributed by atoms with van der Waals surface area (Å²) in [4.78, 5) is 0. The van der Waals surface area contributed by atoms with Gasteiger partial charge in [0.15, 0.2) is 5.67 Å². The minimum atomic E-state index is -1.30. The lowest BCUT2D eigenvalue weighted by Crippen LogP contribution is -2.42. The standard InChI is InChI=1S/C17H29FN2/c1-15(2,3)17(18)11-9-7-8-10-13-12-19-20(14(13)17)16(4,5)6/h12H,7-11H2,1-6H3. The summed E-state index contributed by atoms with van der Waals surface area (Å²) >= 11 is 0. The number of halogens is 1. The van der Waals surface area contributed by atoms with E-state index < -0.39 is 11.1 Å². The Morgan fingerprint density at radius 1 is 1.10 bits per heavy atom. The van der Waals surface area contributed by atoms with Crippen LogP contribution in [0.25, 0.3) is 0 Å². The van der Waals surface area contributed by atoms with Gasteiger partial charge in [-0.15, -0.1) is 0 Å². The molecular weight excluding hydrogens is 251 g/mol. The van der Waals surface area contributed by atoms with Crippen molar-refractivity contribution in [3.63, 3.8) is 0 Å². The fraction of sp³-hybridized carbons (Fsp3) is 0.824. The normalized spacial score (nSPS) is 24.9. The molecule has 0 aromatic carbocycles. The Hall–Kier alpha value is -0.860. The third-order valence-electron chi connectivity index (χ3n) is 4.51. The minimum Gasteiger partial charge on any atom is -0.261 e. The van der Waals surface area contributed by atoms with Crippen LogP contribution in [0.3, 0.4) is 0 Å². The zero-order chi connectivity index (χ0) is 15.2. The molecule has 3 heteroatoms. The average Bonchev–Trinajstić information content (AvgIpc) is 2.67. The van der Waals surface area contributed by atoms with Gasteiger partial charge in [-0.25, -0.2) is 4.39 Å². The SMILES string of the molecule is CC(C)(C)n1ncc2c1C(F)(C(C)(C)C)CCCCC2. The molecule has 0 saturated heterocycles. The van der Waals surface area contributed by atoms with Crippen LogP contribution in [0.15, 0.2) is 6.20 Å². The van der Waals surface area contributed by atoms with Gasteiger partial charge in [0.25, 0.3) is 0 Å². The summed E-state index contributed by atoms with van der Waals surface area (Å²) in [6.45, 7) is 12.3. The van der Waals surface area contributed by atoms with Crippen molar-refractivity contribution in [3.05, 3.63) is 17.5 Å². The molecule has 1 aliphatic rings. The van der Waals surface area contributed by atoms with Crippen molar-refractivity contribution in [3.8, 4) is 0 Å². The fourth-order valence-corrected chi connectivity index (χ4v) is 3.21. The Morgan fingerprint density at radius 3 is 2.30 bits per heavy atom. The van der Waals surface area contributed by atoms with Crippen LogP contribution in [0.2, 0.25) is 0 Å². The predicted molar refractivity (Wildman–Crippen MR) is 81.6 cm³/mol. The number of hydrogen-bond donors (Lipinski definition) is 0. The Balaban J connectivity index is 2.66. The summed E-state index contributed by atoms with van der Waals surface area (Å²) in [5, 5.41) is 4.54. The molecule has 0 aliphatic heterocycles. The molecule has 0 N–H and O–H groups in total. The van der Waals surface area contributed by atoms with Gasteiger partial charge in [0.1, 0.15) is 0 Å². The van der Waals surface area contributed by atoms with E-state index in [9.17, 15) is 0 Å². The third kappa shape index (κ3) is 2.51. The first-order valence-corrected chi connectivity index (χ1v) is 7.84. The number of fused-ring (bicyclic) bond motifs is 1. The largest absolute Gasteiger partial charge is 0.261 e. The van der Waals surface area contributed by atoms with E-state index >= 15 is 4.39 Å². The molecule has 0 fully saturated rings. The van der Waals surface area contributed by atoms with Crippen molar-refractivity contribution >= 4 is 0 Å². The van der Waals surface area contributed by atoms with Gasteiger partial charge >= 0.3 is 0 Å². The Labute approximate surface area is 122 Å². The van der Waals surface area contributed by atoms with E-state index in [0.29, 0.717) is 6.42 Å². The Kier molecular flexibility index (Phi) is 3.77. The molecule has 2 rings (SSSR count). The van der Waals surface area contributed by atoms with Gasteiger partial charge in [-0.2, -0.15) is 5.10 Å². The molecule has 114 valence electrons. The molecule has 1 atom stereocenters. The van der Waals surface area contributed by atoms with Crippen LogP contribution >= 0.6 is 0 Å². The van der Waals surface area contributed by atoms with E-state index in [2.05, 4.69) is 25.9 Å². The summed E-state index contributed by atoms with van der Waals surface area (Å²) < 4.78 is 18.0. The highest BCUT2D eigenvalue weighted by atomic mass is 19.1. The zero-order valence-corrected chi connectivity index (χ0v) is 13.9. The summed E-state index contributed by atoms with van der Waals surface area (Å²) in [6.07, 6.45) is 6.66. The van der Waals surface area contributed by atoms with Crippen LogP contribution in [-0.2, 0) is 17.6 Å². The van der Waals surface area contributed by atoms with E-state index in [4.69, 9.17) is 0 Å². The van der Waals surface area contributed by atoms with Crippen LogP contribution in [-0.4, -0.2) is 9.78 Å². The molecule has 0 spiro atoms. The molecule has 20 heavy (non-hydrogen) atoms. The van der Waals surface area contributed by atoms with Crippen LogP contribution < -0.4 is 0 Å². The van der Waals surface area contributed by atoms with Crippen LogP contribution in [0.5, 0.6) is 0 Å². The van der Waals surface area contributed by atoms with Gasteiger partial charge in [0, 0.05) is 5.41 Å². The Bertz CT molecular complexity index is 476. The van der Waals surface area contributed by atoms with Crippen molar-refractivity contribution < 1.29 is 4.39 Å². The number of hydrogen-bond acceptors (Lipinski definition) is 1. The second kappa shape index (κ2) is 4.85. The average molecular weight is 280 g/mol. The summed E-state index contributed by atoms with van der Waals surface area (Å²) in [6, 6.07) is 0. The highest BCUT2D eigenvalue weighted by Crippen LogP contribution is 2.49. The molecule has 1 heterocycles. The van der Waals surface area contributed by atoms with Crippen molar-refractivity contribution in [1.29, 1.82) is 0 Å². The number of aromatic nitrogens is 2. The van der Waals surface area contributed by atoms with Gasteiger partial charge in [-0.3, -0.25) is 4.68 Å². The lowest BCUT2D eigenvalue weighted by atomic mass is 9.70. The van der Waals surface area contributed by atoms with Crippen LogP contribution in [0, 0.1) is 5.41 Å². The third-order valence-corrected chi connectivity index (χ3v) is 4.51. The first-order chi connectivity index (χ1) is 9.07. The molecule has 1 unspecified atom stereocenters. The van der Waals surface area contributed by atoms with E-state index in [1.165, 1.54) is 0 Å². The maximum Gasteiger partial charge on any atom is 0.157 e. The quantitative estimate of drug-likeness (QED) is 0.656. The van der Waals surface area contributed by atoms with Crippen molar-refractivity contribution in [2.75, 3.05) is 0 Å². The maximum absolute atomic E-state index is 16.1. The molecule has 0 saturated carbocycles. The fourth-order valence-electron chi connectivity index (χ4n) is 3.21. The lowest BCUT2D eigenvalue weighted by Gasteiger charge is -2.41. The van der Waals surface area contributed by atoms with Gasteiger partial charge in [0.05, 0.1) is 17.4 Å². The molecule has 0 amide bonds. The first-order valence-electron chi connectivity index (χ1n) is 7.84. The van der Waals surface area contributed by atoms with E-state index in [1.807, 2.05) is 31.6 Å². The number of nitrogens with zero attached hydrogens (tertiary/aromatic N) is 2. The van der Waals surface area contributed by atoms with Gasteiger partial charge in [0.2, 0.25) is 0 Å². The molecule has 1 aromatic rings. The van der Waals surface area contributed by atoms with Crippen LogP contribution in [0.4, 0.5) is 4.39 Å². The summed E-state index contributed by atoms with van der Waals surface area (Å²) in [5.74, 6) is 0. The molecular formula is C17H29FN2. The van der Waals surface area contributed by atoms with E-state index in [0.717, 1.165) is 36.9 Å². The predicted octanol–water partition coefficient (Wildman–Crippen LogP) is 4.97. The smallest absolute Gasteiger partial charge is 0.157 e. The van der Waals surface area contributed by atoms with Gasteiger partial charge < -0.3 is 0 Å². The van der Waals surface area contributed by atoms with Crippen LogP contribution in [0.1, 0.15) is 78.5 Å². The van der Waals surface area contributed by atoms with E-state index in [1.54, 1.807) is 0 Å². The summed E-state index contributed by atoms with van der Waals surface area (Å²) in [5.41, 5.74) is 0.0403. The molecule has 1 aromatic heterocycles. The second-order valence-corrected chi connectivity index (χ2v) is 8.21. The van der Waals surface area contributed by atoms with Crippen molar-refractivity contribution in [2.45, 2.75) is 84.9 Å². The molecule has 2 nitrogen and oxygen atoms in total. The van der Waals surface area contributed by atoms with Gasteiger partial charge in [-0.05, 0) is 52.0 Å². The second-order valence-electron chi connectivity index (χ2n) is 8.21. The topological polar surface area (TPSA) is 17.8 Å². The highest BCUT2D eigenvalue weighted by molar-refractivity contribution is 5.28. The Morgan fingerprint density at radius 2 is 1.75 bits per heavy atom. The highest BCUT2D eigenvalue weighted by Gasteiger charge is 2.48. The molecule has 0 radical (unpaired) electrons. The first kappa shape index (κ1) is 15.5. The number of alkyl halides is 1. The monoisotopic (exact) mass is 280 g/mol. The number of rotatable bonds is 0. The zero-order valence-electron chi connectivity index (χ0n) is 13.9. The van der Waals surface area contributed by atoms with E-state index in [-0.39, 0.29) is 5.54 Å². The molecule has 1 aliphatic carbocycles. The summed E-state index contributed by atoms with van der Waals surface area (Å²) in [7, 11) is 0. The minimum absolute atomic E-state index is 0.185. The molecule has 0 bridgehead atoms. The lowest BCUT2D eigenvalue weighted by molar-refractivity contribution is -0.00109.